The Labute approximate surface area is 183 Å². The van der Waals surface area contributed by atoms with E-state index in [2.05, 4.69) is 57.8 Å². The number of nitrogens with one attached hydrogen (secondary N) is 2. The van der Waals surface area contributed by atoms with E-state index in [4.69, 9.17) is 9.73 Å². The van der Waals surface area contributed by atoms with Gasteiger partial charge in [-0.3, -0.25) is 4.99 Å². The molecule has 3 rings (SSSR count). The van der Waals surface area contributed by atoms with Crippen LogP contribution in [0.5, 0.6) is 0 Å². The van der Waals surface area contributed by atoms with Crippen molar-refractivity contribution in [1.29, 1.82) is 0 Å². The summed E-state index contributed by atoms with van der Waals surface area (Å²) >= 11 is 3.55. The van der Waals surface area contributed by atoms with Crippen LogP contribution in [0.3, 0.4) is 0 Å². The average molecular weight is 536 g/mol. The second kappa shape index (κ2) is 10.9. The lowest BCUT2D eigenvalue weighted by Crippen LogP contribution is -2.44. The van der Waals surface area contributed by atoms with E-state index in [1.807, 2.05) is 0 Å². The fourth-order valence-corrected chi connectivity index (χ4v) is 4.18. The first kappa shape index (κ1) is 22.0. The number of hydrogen-bond donors (Lipinski definition) is 2. The fourth-order valence-electron chi connectivity index (χ4n) is 3.92. The van der Waals surface area contributed by atoms with E-state index < -0.39 is 0 Å². The molecule has 1 saturated carbocycles. The molecule has 146 valence electrons. The molecule has 1 saturated heterocycles. The van der Waals surface area contributed by atoms with Crippen molar-refractivity contribution < 1.29 is 4.74 Å². The summed E-state index contributed by atoms with van der Waals surface area (Å²) in [7, 11) is 0. The lowest BCUT2D eigenvalue weighted by molar-refractivity contribution is 0.0531. The van der Waals surface area contributed by atoms with Crippen molar-refractivity contribution in [3.05, 3.63) is 34.3 Å². The Morgan fingerprint density at radius 1 is 1.19 bits per heavy atom. The quantitative estimate of drug-likeness (QED) is 0.329. The van der Waals surface area contributed by atoms with Crippen molar-refractivity contribution >= 4 is 45.9 Å². The topological polar surface area (TPSA) is 45.7 Å². The van der Waals surface area contributed by atoms with Gasteiger partial charge in [-0.2, -0.15) is 0 Å². The molecule has 0 unspecified atom stereocenters. The number of halogens is 2. The number of rotatable bonds is 5. The minimum absolute atomic E-state index is 0. The Bertz CT molecular complexity index is 567. The molecule has 1 heterocycles. The molecule has 0 bridgehead atoms. The molecule has 2 aliphatic rings. The number of nitrogens with zero attached hydrogens (tertiary/aromatic N) is 1. The van der Waals surface area contributed by atoms with Crippen LogP contribution >= 0.6 is 39.9 Å². The summed E-state index contributed by atoms with van der Waals surface area (Å²) in [5.74, 6) is 0.970. The normalized spacial score (nSPS) is 20.5. The Hall–Kier alpha value is -0.340. The van der Waals surface area contributed by atoms with Gasteiger partial charge in [0.2, 0.25) is 0 Å². The number of guanidine groups is 1. The van der Waals surface area contributed by atoms with Gasteiger partial charge in [0.15, 0.2) is 5.96 Å². The van der Waals surface area contributed by atoms with Crippen LogP contribution in [0.2, 0.25) is 0 Å². The molecule has 0 amide bonds. The van der Waals surface area contributed by atoms with E-state index in [0.717, 1.165) is 49.6 Å². The molecular formula is C20H31BrIN3O. The maximum absolute atomic E-state index is 5.64. The van der Waals surface area contributed by atoms with Crippen LogP contribution in [0.25, 0.3) is 0 Å². The Morgan fingerprint density at radius 3 is 2.46 bits per heavy atom. The van der Waals surface area contributed by atoms with Gasteiger partial charge in [0.25, 0.3) is 0 Å². The minimum atomic E-state index is 0. The zero-order valence-electron chi connectivity index (χ0n) is 15.6. The van der Waals surface area contributed by atoms with Gasteiger partial charge < -0.3 is 15.4 Å². The third kappa shape index (κ3) is 5.83. The van der Waals surface area contributed by atoms with Gasteiger partial charge in [-0.05, 0) is 50.3 Å². The van der Waals surface area contributed by atoms with Crippen LogP contribution in [0.15, 0.2) is 33.7 Å². The first-order valence-electron chi connectivity index (χ1n) is 9.60. The van der Waals surface area contributed by atoms with Crippen LogP contribution in [0, 0.1) is 0 Å². The van der Waals surface area contributed by atoms with Gasteiger partial charge in [0.05, 0.1) is 6.54 Å². The van der Waals surface area contributed by atoms with E-state index in [0.29, 0.717) is 6.04 Å². The largest absolute Gasteiger partial charge is 0.381 e. The van der Waals surface area contributed by atoms with Gasteiger partial charge in [0.1, 0.15) is 0 Å². The molecule has 0 radical (unpaired) electrons. The van der Waals surface area contributed by atoms with Crippen molar-refractivity contribution in [2.75, 3.05) is 26.3 Å². The summed E-state index contributed by atoms with van der Waals surface area (Å²) < 4.78 is 6.77. The molecule has 26 heavy (non-hydrogen) atoms. The molecule has 0 atom stereocenters. The van der Waals surface area contributed by atoms with Gasteiger partial charge in [-0.15, -0.1) is 24.0 Å². The Morgan fingerprint density at radius 2 is 1.85 bits per heavy atom. The van der Waals surface area contributed by atoms with Crippen LogP contribution in [0.4, 0.5) is 0 Å². The fraction of sp³-hybridized carbons (Fsp3) is 0.650. The van der Waals surface area contributed by atoms with Crippen LogP contribution < -0.4 is 10.6 Å². The van der Waals surface area contributed by atoms with Crippen LogP contribution in [-0.2, 0) is 10.2 Å². The molecular weight excluding hydrogens is 505 g/mol. The summed E-state index contributed by atoms with van der Waals surface area (Å²) in [6.45, 7) is 5.47. The third-order valence-corrected chi connectivity index (χ3v) is 6.02. The molecule has 0 aromatic heterocycles. The SMILES string of the molecule is CCNC(=NCC1(c2ccc(Br)cc2)CCOCC1)NC1CCCC1.I. The number of hydrogen-bond acceptors (Lipinski definition) is 2. The number of ether oxygens (including phenoxy) is 1. The molecule has 1 aliphatic heterocycles. The second-order valence-electron chi connectivity index (χ2n) is 7.22. The molecule has 1 aromatic carbocycles. The van der Waals surface area contributed by atoms with Crippen LogP contribution in [0.1, 0.15) is 51.0 Å². The predicted molar refractivity (Wildman–Crippen MR) is 123 cm³/mol. The standard InChI is InChI=1S/C20H30BrN3O.HI/c1-2-22-19(24-18-5-3-4-6-18)23-15-20(11-13-25-14-12-20)16-7-9-17(21)10-8-16;/h7-10,18H,2-6,11-15H2,1H3,(H2,22,23,24);1H. The molecule has 1 aromatic rings. The average Bonchev–Trinajstić information content (AvgIpc) is 3.14. The third-order valence-electron chi connectivity index (χ3n) is 5.49. The summed E-state index contributed by atoms with van der Waals surface area (Å²) in [6.07, 6.45) is 7.24. The molecule has 2 fully saturated rings. The molecule has 0 spiro atoms. The van der Waals surface area contributed by atoms with Crippen molar-refractivity contribution in [3.63, 3.8) is 0 Å². The van der Waals surface area contributed by atoms with E-state index in [1.54, 1.807) is 0 Å². The highest BCUT2D eigenvalue weighted by molar-refractivity contribution is 14.0. The molecule has 6 heteroatoms. The lowest BCUT2D eigenvalue weighted by atomic mass is 9.74. The lowest BCUT2D eigenvalue weighted by Gasteiger charge is -2.37. The van der Waals surface area contributed by atoms with Crippen LogP contribution in [-0.4, -0.2) is 38.3 Å². The van der Waals surface area contributed by atoms with E-state index in [9.17, 15) is 0 Å². The first-order valence-corrected chi connectivity index (χ1v) is 10.4. The van der Waals surface area contributed by atoms with Gasteiger partial charge in [-0.25, -0.2) is 0 Å². The monoisotopic (exact) mass is 535 g/mol. The zero-order chi connectivity index (χ0) is 17.5. The van der Waals surface area contributed by atoms with Gasteiger partial charge in [0, 0.05) is 35.7 Å². The maximum Gasteiger partial charge on any atom is 0.191 e. The van der Waals surface area contributed by atoms with E-state index >= 15 is 0 Å². The van der Waals surface area contributed by atoms with Crippen molar-refractivity contribution in [2.45, 2.75) is 56.9 Å². The highest BCUT2D eigenvalue weighted by Gasteiger charge is 2.34. The number of benzene rings is 1. The summed E-state index contributed by atoms with van der Waals surface area (Å²) in [6, 6.07) is 9.33. The number of aliphatic imine (C=N–C) groups is 1. The van der Waals surface area contributed by atoms with E-state index in [-0.39, 0.29) is 29.4 Å². The van der Waals surface area contributed by atoms with Gasteiger partial charge in [-0.1, -0.05) is 40.9 Å². The Balaban J connectivity index is 0.00000243. The van der Waals surface area contributed by atoms with Crippen molar-refractivity contribution in [3.8, 4) is 0 Å². The van der Waals surface area contributed by atoms with Crippen molar-refractivity contribution in [1.82, 2.24) is 10.6 Å². The smallest absolute Gasteiger partial charge is 0.191 e. The summed E-state index contributed by atoms with van der Waals surface area (Å²) in [5.41, 5.74) is 1.45. The highest BCUT2D eigenvalue weighted by atomic mass is 127. The molecule has 2 N–H and O–H groups in total. The van der Waals surface area contributed by atoms with Gasteiger partial charge >= 0.3 is 0 Å². The highest BCUT2D eigenvalue weighted by Crippen LogP contribution is 2.35. The summed E-state index contributed by atoms with van der Waals surface area (Å²) in [5, 5.41) is 7.06. The molecule has 1 aliphatic carbocycles. The molecule has 4 nitrogen and oxygen atoms in total. The zero-order valence-corrected chi connectivity index (χ0v) is 19.5. The second-order valence-corrected chi connectivity index (χ2v) is 8.14. The predicted octanol–water partition coefficient (Wildman–Crippen LogP) is 4.61. The Kier molecular flexibility index (Phi) is 9.17. The minimum Gasteiger partial charge on any atom is -0.381 e. The maximum atomic E-state index is 5.64. The summed E-state index contributed by atoms with van der Waals surface area (Å²) in [4.78, 5) is 5.00. The van der Waals surface area contributed by atoms with Crippen molar-refractivity contribution in [2.24, 2.45) is 4.99 Å². The van der Waals surface area contributed by atoms with E-state index in [1.165, 1.54) is 31.2 Å². The first-order chi connectivity index (χ1) is 12.2.